The molecule has 3 rings (SSSR count). The fourth-order valence-corrected chi connectivity index (χ4v) is 6.25. The van der Waals surface area contributed by atoms with Crippen LogP contribution in [0.15, 0.2) is 65.6 Å². The molecule has 1 atom stereocenters. The first-order chi connectivity index (χ1) is 22.1. The van der Waals surface area contributed by atoms with Crippen molar-refractivity contribution in [3.63, 3.8) is 0 Å². The topological polar surface area (TPSA) is 133 Å². The van der Waals surface area contributed by atoms with Crippen LogP contribution in [-0.2, 0) is 26.2 Å². The highest BCUT2D eigenvalue weighted by Gasteiger charge is 2.35. The lowest BCUT2D eigenvalue weighted by Crippen LogP contribution is -2.52. The van der Waals surface area contributed by atoms with Gasteiger partial charge in [0.15, 0.2) is 11.5 Å². The minimum atomic E-state index is -4.45. The lowest BCUT2D eigenvalue weighted by Gasteiger charge is -2.33. The molecule has 0 aromatic heterocycles. The summed E-state index contributed by atoms with van der Waals surface area (Å²) in [5.41, 5.74) is 0.794. The zero-order valence-electron chi connectivity index (χ0n) is 27.4. The summed E-state index contributed by atoms with van der Waals surface area (Å²) in [4.78, 5) is 29.0. The molecule has 0 heterocycles. The second-order valence-electron chi connectivity index (χ2n) is 10.2. The van der Waals surface area contributed by atoms with Crippen molar-refractivity contribution in [2.75, 3.05) is 52.9 Å². The maximum Gasteiger partial charge on any atom is 0.265 e. The number of nitrogens with one attached hydrogen (secondary N) is 1. The first-order valence-corrected chi connectivity index (χ1v) is 16.2. The van der Waals surface area contributed by atoms with Crippen LogP contribution in [0.5, 0.6) is 28.7 Å². The minimum Gasteiger partial charge on any atom is -0.497 e. The van der Waals surface area contributed by atoms with Gasteiger partial charge in [0.1, 0.15) is 29.8 Å². The third kappa shape index (κ3) is 8.33. The number of carbonyl (C=O) groups excluding carboxylic acids is 2. The molecule has 2 amide bonds. The maximum absolute atomic E-state index is 14.4. The monoisotopic (exact) mass is 657 g/mol. The van der Waals surface area contributed by atoms with Gasteiger partial charge in [-0.15, -0.1) is 0 Å². The molecule has 0 spiro atoms. The molecule has 0 bridgehead atoms. The Hall–Kier alpha value is -4.65. The van der Waals surface area contributed by atoms with Crippen molar-refractivity contribution in [1.82, 2.24) is 10.2 Å². The smallest absolute Gasteiger partial charge is 0.265 e. The summed E-state index contributed by atoms with van der Waals surface area (Å²) in [6.45, 7) is 3.54. The molecule has 250 valence electrons. The zero-order chi connectivity index (χ0) is 33.9. The summed E-state index contributed by atoms with van der Waals surface area (Å²) in [6, 6.07) is 15.0. The predicted octanol–water partition coefficient (Wildman–Crippen LogP) is 4.26. The fourth-order valence-electron chi connectivity index (χ4n) is 4.82. The van der Waals surface area contributed by atoms with Gasteiger partial charge < -0.3 is 33.9 Å². The van der Waals surface area contributed by atoms with Crippen LogP contribution < -0.4 is 33.3 Å². The van der Waals surface area contributed by atoms with Crippen LogP contribution in [0.2, 0.25) is 0 Å². The van der Waals surface area contributed by atoms with Gasteiger partial charge in [-0.25, -0.2) is 8.42 Å². The number of hydrogen-bond acceptors (Lipinski definition) is 9. The SMILES string of the molecule is CCCNC(=O)C(CC)N(Cc1ccc(OC)cc1)C(=O)CN(c1cc(OC)ccc1OC)S(=O)(=O)c1ccc(OC)c(OC)c1. The summed E-state index contributed by atoms with van der Waals surface area (Å²) in [5, 5.41) is 2.87. The molecule has 0 aliphatic rings. The van der Waals surface area contributed by atoms with Crippen LogP contribution in [0.1, 0.15) is 32.3 Å². The normalized spacial score (nSPS) is 11.6. The highest BCUT2D eigenvalue weighted by molar-refractivity contribution is 7.92. The number of rotatable bonds is 17. The van der Waals surface area contributed by atoms with Crippen molar-refractivity contribution in [3.8, 4) is 28.7 Å². The van der Waals surface area contributed by atoms with Crippen LogP contribution in [-0.4, -0.2) is 79.8 Å². The number of ether oxygens (including phenoxy) is 5. The summed E-state index contributed by atoms with van der Waals surface area (Å²) in [5.74, 6) is 0.738. The number of hydrogen-bond donors (Lipinski definition) is 1. The Kier molecular flexibility index (Phi) is 12.9. The van der Waals surface area contributed by atoms with Crippen molar-refractivity contribution in [1.29, 1.82) is 0 Å². The van der Waals surface area contributed by atoms with Gasteiger partial charge in [0.2, 0.25) is 11.8 Å². The minimum absolute atomic E-state index is 0.0420. The van der Waals surface area contributed by atoms with Gasteiger partial charge in [-0.3, -0.25) is 13.9 Å². The number of methoxy groups -OCH3 is 5. The molecular formula is C33H43N3O9S. The number of anilines is 1. The van der Waals surface area contributed by atoms with Crippen molar-refractivity contribution in [2.24, 2.45) is 0 Å². The van der Waals surface area contributed by atoms with Crippen molar-refractivity contribution in [3.05, 3.63) is 66.2 Å². The molecule has 3 aromatic rings. The summed E-state index contributed by atoms with van der Waals surface area (Å²) >= 11 is 0. The predicted molar refractivity (Wildman–Crippen MR) is 175 cm³/mol. The highest BCUT2D eigenvalue weighted by atomic mass is 32.2. The third-order valence-electron chi connectivity index (χ3n) is 7.32. The van der Waals surface area contributed by atoms with Crippen LogP contribution in [0.3, 0.4) is 0 Å². The first kappa shape index (κ1) is 35.8. The summed E-state index contributed by atoms with van der Waals surface area (Å²) < 4.78 is 56.7. The fraction of sp³-hybridized carbons (Fsp3) is 0.394. The molecular weight excluding hydrogens is 614 g/mol. The van der Waals surface area contributed by atoms with Crippen LogP contribution in [0.4, 0.5) is 5.69 Å². The van der Waals surface area contributed by atoms with Gasteiger partial charge in [-0.1, -0.05) is 26.0 Å². The van der Waals surface area contributed by atoms with Crippen LogP contribution >= 0.6 is 0 Å². The molecule has 12 nitrogen and oxygen atoms in total. The molecule has 0 saturated heterocycles. The largest absolute Gasteiger partial charge is 0.497 e. The lowest BCUT2D eigenvalue weighted by molar-refractivity contribution is -0.140. The van der Waals surface area contributed by atoms with E-state index in [4.69, 9.17) is 23.7 Å². The van der Waals surface area contributed by atoms with E-state index < -0.39 is 28.5 Å². The third-order valence-corrected chi connectivity index (χ3v) is 9.08. The Labute approximate surface area is 271 Å². The van der Waals surface area contributed by atoms with E-state index in [0.29, 0.717) is 36.6 Å². The summed E-state index contributed by atoms with van der Waals surface area (Å²) in [7, 11) is 2.78. The highest BCUT2D eigenvalue weighted by Crippen LogP contribution is 2.38. The Balaban J connectivity index is 2.18. The van der Waals surface area contributed by atoms with Gasteiger partial charge in [-0.2, -0.15) is 0 Å². The van der Waals surface area contributed by atoms with Crippen molar-refractivity contribution < 1.29 is 41.7 Å². The number of amides is 2. The molecule has 13 heteroatoms. The second kappa shape index (κ2) is 16.6. The van der Waals surface area contributed by atoms with E-state index in [-0.39, 0.29) is 34.5 Å². The van der Waals surface area contributed by atoms with Crippen LogP contribution in [0, 0.1) is 0 Å². The number of carbonyl (C=O) groups is 2. The van der Waals surface area contributed by atoms with Crippen LogP contribution in [0.25, 0.3) is 0 Å². The molecule has 0 radical (unpaired) electrons. The van der Waals surface area contributed by atoms with Gasteiger partial charge >= 0.3 is 0 Å². The van der Waals surface area contributed by atoms with E-state index in [1.165, 1.54) is 57.6 Å². The van der Waals surface area contributed by atoms with E-state index in [2.05, 4.69) is 5.32 Å². The molecule has 0 fully saturated rings. The number of sulfonamides is 1. The Morgan fingerprint density at radius 3 is 1.93 bits per heavy atom. The van der Waals surface area contributed by atoms with Gasteiger partial charge in [-0.05, 0) is 54.8 Å². The van der Waals surface area contributed by atoms with E-state index in [1.54, 1.807) is 50.4 Å². The first-order valence-electron chi connectivity index (χ1n) is 14.7. The molecule has 46 heavy (non-hydrogen) atoms. The Bertz CT molecular complexity index is 1580. The van der Waals surface area contributed by atoms with E-state index >= 15 is 0 Å². The molecule has 1 unspecified atom stereocenters. The van der Waals surface area contributed by atoms with Gasteiger partial charge in [0.25, 0.3) is 10.0 Å². The molecule has 3 aromatic carbocycles. The zero-order valence-corrected chi connectivity index (χ0v) is 28.2. The van der Waals surface area contributed by atoms with Gasteiger partial charge in [0.05, 0.1) is 46.1 Å². The average molecular weight is 658 g/mol. The Morgan fingerprint density at radius 1 is 0.761 bits per heavy atom. The van der Waals surface area contributed by atoms with Crippen molar-refractivity contribution >= 4 is 27.5 Å². The number of benzene rings is 3. The average Bonchev–Trinajstić information content (AvgIpc) is 3.08. The van der Waals surface area contributed by atoms with Gasteiger partial charge in [0, 0.05) is 25.2 Å². The molecule has 0 saturated carbocycles. The Morgan fingerprint density at radius 2 is 1.37 bits per heavy atom. The lowest BCUT2D eigenvalue weighted by atomic mass is 10.1. The summed E-state index contributed by atoms with van der Waals surface area (Å²) in [6.07, 6.45) is 1.00. The van der Waals surface area contributed by atoms with E-state index in [0.717, 1.165) is 9.87 Å². The molecule has 1 N–H and O–H groups in total. The van der Waals surface area contributed by atoms with Crippen molar-refractivity contribution in [2.45, 2.75) is 44.2 Å². The van der Waals surface area contributed by atoms with E-state index in [9.17, 15) is 18.0 Å². The molecule has 0 aliphatic carbocycles. The van der Waals surface area contributed by atoms with E-state index in [1.807, 2.05) is 6.92 Å². The molecule has 0 aliphatic heterocycles. The standard InChI is InChI=1S/C33H43N3O9S/c1-8-18-34-33(38)27(9-2)35(21-23-10-12-24(41-3)13-11-23)32(37)22-36(28-19-25(42-4)14-16-29(28)43-5)46(39,40)26-15-17-30(44-6)31(20-26)45-7/h10-17,19-20,27H,8-9,18,21-22H2,1-7H3,(H,34,38). The number of nitrogens with zero attached hydrogens (tertiary/aromatic N) is 2. The quantitative estimate of drug-likeness (QED) is 0.226. The second-order valence-corrected chi connectivity index (χ2v) is 12.0. The maximum atomic E-state index is 14.4.